The predicted molar refractivity (Wildman–Crippen MR) is 66.0 cm³/mol. The first-order valence-corrected chi connectivity index (χ1v) is 5.51. The molecule has 0 N–H and O–H groups in total. The summed E-state index contributed by atoms with van der Waals surface area (Å²) >= 11 is 0. The maximum Gasteiger partial charge on any atom is 0.134 e. The lowest BCUT2D eigenvalue weighted by atomic mass is 9.99. The van der Waals surface area contributed by atoms with Crippen molar-refractivity contribution in [3.63, 3.8) is 0 Å². The second-order valence-corrected chi connectivity index (χ2v) is 4.48. The van der Waals surface area contributed by atoms with Crippen LogP contribution in [-0.4, -0.2) is 0 Å². The molecule has 0 radical (unpaired) electrons. The Morgan fingerprint density at radius 3 is 1.53 bits per heavy atom. The zero-order valence-corrected chi connectivity index (χ0v) is 10.1. The lowest BCUT2D eigenvalue weighted by molar-refractivity contribution is 0.587. The van der Waals surface area contributed by atoms with Crippen molar-refractivity contribution in [3.8, 4) is 11.1 Å². The lowest BCUT2D eigenvalue weighted by Gasteiger charge is -2.08. The van der Waals surface area contributed by atoms with Gasteiger partial charge in [-0.15, -0.1) is 0 Å². The molecule has 0 aliphatic carbocycles. The van der Waals surface area contributed by atoms with Gasteiger partial charge in [0.05, 0.1) is 5.56 Å². The van der Waals surface area contributed by atoms with Gasteiger partial charge in [-0.1, -0.05) is 29.3 Å². The predicted octanol–water partition coefficient (Wildman–Crippen LogP) is 4.56. The van der Waals surface area contributed by atoms with Crippen LogP contribution in [0.25, 0.3) is 11.1 Å². The van der Waals surface area contributed by atoms with Crippen LogP contribution in [0.1, 0.15) is 16.7 Å². The van der Waals surface area contributed by atoms with Crippen molar-refractivity contribution >= 4 is 0 Å². The summed E-state index contributed by atoms with van der Waals surface area (Å²) in [5.74, 6) is -1.01. The first-order valence-electron chi connectivity index (χ1n) is 5.51. The number of hydrogen-bond donors (Lipinski definition) is 0. The molecule has 2 heteroatoms. The van der Waals surface area contributed by atoms with Crippen LogP contribution in [0, 0.1) is 32.4 Å². The number of halogens is 2. The minimum atomic E-state index is -0.507. The van der Waals surface area contributed by atoms with Crippen molar-refractivity contribution in [2.24, 2.45) is 0 Å². The molecule has 0 aromatic heterocycles. The molecule has 0 saturated heterocycles. The van der Waals surface area contributed by atoms with Crippen molar-refractivity contribution in [2.75, 3.05) is 0 Å². The van der Waals surface area contributed by atoms with Gasteiger partial charge in [-0.2, -0.15) is 0 Å². The summed E-state index contributed by atoms with van der Waals surface area (Å²) in [7, 11) is 0. The molecule has 0 atom stereocenters. The monoisotopic (exact) mass is 232 g/mol. The van der Waals surface area contributed by atoms with Crippen molar-refractivity contribution in [1.82, 2.24) is 0 Å². The highest BCUT2D eigenvalue weighted by molar-refractivity contribution is 5.66. The fraction of sp³-hybridized carbons (Fsp3) is 0.200. The Labute approximate surface area is 99.9 Å². The molecule has 0 aliphatic rings. The third kappa shape index (κ3) is 2.36. The summed E-state index contributed by atoms with van der Waals surface area (Å²) < 4.78 is 27.6. The Bertz CT molecular complexity index is 528. The quantitative estimate of drug-likeness (QED) is 0.676. The Kier molecular flexibility index (Phi) is 2.97. The SMILES string of the molecule is Cc1cc(C)cc(-c2c(F)cc(C)cc2F)c1. The summed E-state index contributed by atoms with van der Waals surface area (Å²) in [4.78, 5) is 0. The summed E-state index contributed by atoms with van der Waals surface area (Å²) in [6.45, 7) is 5.51. The zero-order valence-electron chi connectivity index (χ0n) is 10.1. The van der Waals surface area contributed by atoms with Gasteiger partial charge in [0.2, 0.25) is 0 Å². The van der Waals surface area contributed by atoms with Crippen LogP contribution >= 0.6 is 0 Å². The van der Waals surface area contributed by atoms with E-state index in [1.54, 1.807) is 19.1 Å². The van der Waals surface area contributed by atoms with E-state index in [2.05, 4.69) is 0 Å². The van der Waals surface area contributed by atoms with Crippen molar-refractivity contribution in [1.29, 1.82) is 0 Å². The topological polar surface area (TPSA) is 0 Å². The third-order valence-electron chi connectivity index (χ3n) is 2.70. The van der Waals surface area contributed by atoms with E-state index in [4.69, 9.17) is 0 Å². The number of hydrogen-bond acceptors (Lipinski definition) is 0. The summed E-state index contributed by atoms with van der Waals surface area (Å²) in [5.41, 5.74) is 3.24. The Balaban J connectivity index is 2.68. The third-order valence-corrected chi connectivity index (χ3v) is 2.70. The van der Waals surface area contributed by atoms with Crippen molar-refractivity contribution in [2.45, 2.75) is 20.8 Å². The zero-order chi connectivity index (χ0) is 12.6. The molecule has 0 heterocycles. The maximum atomic E-state index is 13.8. The Hall–Kier alpha value is -1.70. The van der Waals surface area contributed by atoms with Gasteiger partial charge in [0.1, 0.15) is 11.6 Å². The average Bonchev–Trinajstić information content (AvgIpc) is 2.13. The summed E-state index contributed by atoms with van der Waals surface area (Å²) in [6, 6.07) is 8.29. The van der Waals surface area contributed by atoms with Crippen LogP contribution < -0.4 is 0 Å². The highest BCUT2D eigenvalue weighted by atomic mass is 19.1. The molecule has 0 aliphatic heterocycles. The molecule has 0 saturated carbocycles. The average molecular weight is 232 g/mol. The minimum Gasteiger partial charge on any atom is -0.206 e. The largest absolute Gasteiger partial charge is 0.206 e. The molecule has 0 spiro atoms. The van der Waals surface area contributed by atoms with Gasteiger partial charge in [-0.05, 0) is 44.0 Å². The fourth-order valence-corrected chi connectivity index (χ4v) is 2.09. The normalized spacial score (nSPS) is 10.6. The smallest absolute Gasteiger partial charge is 0.134 e. The van der Waals surface area contributed by atoms with Gasteiger partial charge >= 0.3 is 0 Å². The molecule has 2 aromatic rings. The fourth-order valence-electron chi connectivity index (χ4n) is 2.09. The highest BCUT2D eigenvalue weighted by Gasteiger charge is 2.12. The summed E-state index contributed by atoms with van der Waals surface area (Å²) in [5, 5.41) is 0. The molecule has 0 fully saturated rings. The molecule has 2 rings (SSSR count). The van der Waals surface area contributed by atoms with Gasteiger partial charge in [0, 0.05) is 0 Å². The van der Waals surface area contributed by atoms with Crippen molar-refractivity contribution in [3.05, 3.63) is 58.7 Å². The molecular formula is C15H14F2. The Morgan fingerprint density at radius 1 is 0.647 bits per heavy atom. The van der Waals surface area contributed by atoms with E-state index < -0.39 is 11.6 Å². The van der Waals surface area contributed by atoms with E-state index in [0.717, 1.165) is 11.1 Å². The maximum absolute atomic E-state index is 13.8. The van der Waals surface area contributed by atoms with Gasteiger partial charge in [0.25, 0.3) is 0 Å². The van der Waals surface area contributed by atoms with Crippen molar-refractivity contribution < 1.29 is 8.78 Å². The first kappa shape index (κ1) is 11.8. The van der Waals surface area contributed by atoms with E-state index in [1.165, 1.54) is 12.1 Å². The molecule has 2 aromatic carbocycles. The van der Waals surface area contributed by atoms with E-state index in [0.29, 0.717) is 11.1 Å². The Morgan fingerprint density at radius 2 is 1.06 bits per heavy atom. The molecular weight excluding hydrogens is 218 g/mol. The molecule has 0 unspecified atom stereocenters. The summed E-state index contributed by atoms with van der Waals surface area (Å²) in [6.07, 6.45) is 0. The molecule has 88 valence electrons. The van der Waals surface area contributed by atoms with Gasteiger partial charge in [0.15, 0.2) is 0 Å². The van der Waals surface area contributed by atoms with Gasteiger partial charge in [-0.3, -0.25) is 0 Å². The second kappa shape index (κ2) is 4.28. The van der Waals surface area contributed by atoms with E-state index in [9.17, 15) is 8.78 Å². The number of aryl methyl sites for hydroxylation is 3. The molecule has 0 nitrogen and oxygen atoms in total. The second-order valence-electron chi connectivity index (χ2n) is 4.48. The molecule has 17 heavy (non-hydrogen) atoms. The number of rotatable bonds is 1. The van der Waals surface area contributed by atoms with Crippen LogP contribution in [0.2, 0.25) is 0 Å². The van der Waals surface area contributed by atoms with Crippen LogP contribution in [-0.2, 0) is 0 Å². The molecule has 0 amide bonds. The van der Waals surface area contributed by atoms with Crippen LogP contribution in [0.4, 0.5) is 8.78 Å². The van der Waals surface area contributed by atoms with Crippen LogP contribution in [0.15, 0.2) is 30.3 Å². The molecule has 0 bridgehead atoms. The minimum absolute atomic E-state index is 0.0578. The van der Waals surface area contributed by atoms with Gasteiger partial charge < -0.3 is 0 Å². The van der Waals surface area contributed by atoms with E-state index >= 15 is 0 Å². The highest BCUT2D eigenvalue weighted by Crippen LogP contribution is 2.28. The van der Waals surface area contributed by atoms with Crippen LogP contribution in [0.3, 0.4) is 0 Å². The van der Waals surface area contributed by atoms with E-state index in [-0.39, 0.29) is 5.56 Å². The lowest BCUT2D eigenvalue weighted by Crippen LogP contribution is -1.93. The first-order chi connectivity index (χ1) is 7.97. The number of benzene rings is 2. The van der Waals surface area contributed by atoms with Gasteiger partial charge in [-0.25, -0.2) is 8.78 Å². The standard InChI is InChI=1S/C15H14F2/c1-9-4-10(2)6-12(5-9)15-13(16)7-11(3)8-14(15)17/h4-8H,1-3H3. The van der Waals surface area contributed by atoms with E-state index in [1.807, 2.05) is 19.9 Å². The van der Waals surface area contributed by atoms with Crippen LogP contribution in [0.5, 0.6) is 0 Å².